The Bertz CT molecular complexity index is 880. The summed E-state index contributed by atoms with van der Waals surface area (Å²) in [6, 6.07) is 12.5. The maximum absolute atomic E-state index is 13.6. The molecule has 174 valence electrons. The molecule has 4 rings (SSSR count). The lowest BCUT2D eigenvalue weighted by Gasteiger charge is -2.38. The summed E-state index contributed by atoms with van der Waals surface area (Å²) in [5, 5.41) is 3.39. The molecule has 0 bridgehead atoms. The number of piperidine rings is 1. The number of hydrogen-bond acceptors (Lipinski definition) is 5. The maximum atomic E-state index is 13.6. The first-order valence-corrected chi connectivity index (χ1v) is 11.2. The predicted molar refractivity (Wildman–Crippen MR) is 117 cm³/mol. The largest absolute Gasteiger partial charge is 0.416 e. The Hall–Kier alpha value is -2.16. The molecular weight excluding hydrogens is 419 g/mol. The average molecular weight is 450 g/mol. The van der Waals surface area contributed by atoms with E-state index in [9.17, 15) is 13.2 Å². The van der Waals surface area contributed by atoms with Crippen LogP contribution >= 0.6 is 0 Å². The highest BCUT2D eigenvalue weighted by Crippen LogP contribution is 2.37. The van der Waals surface area contributed by atoms with Crippen molar-refractivity contribution in [2.45, 2.75) is 37.5 Å². The van der Waals surface area contributed by atoms with Crippen LogP contribution in [0.5, 0.6) is 0 Å². The van der Waals surface area contributed by atoms with Crippen molar-refractivity contribution >= 4 is 5.82 Å². The monoisotopic (exact) mass is 449 g/mol. The van der Waals surface area contributed by atoms with Crippen molar-refractivity contribution in [3.63, 3.8) is 0 Å². The molecule has 1 N–H and O–H groups in total. The lowest BCUT2D eigenvalue weighted by atomic mass is 9.74. The molecule has 1 aromatic carbocycles. The summed E-state index contributed by atoms with van der Waals surface area (Å²) >= 11 is 0. The summed E-state index contributed by atoms with van der Waals surface area (Å²) in [5.74, 6) is 0.327. The van der Waals surface area contributed by atoms with Crippen LogP contribution in [0.15, 0.2) is 42.5 Å². The van der Waals surface area contributed by atoms with Crippen molar-refractivity contribution in [1.29, 1.82) is 0 Å². The zero-order valence-electron chi connectivity index (χ0n) is 18.3. The fourth-order valence-electron chi connectivity index (χ4n) is 4.45. The molecule has 0 aliphatic carbocycles. The van der Waals surface area contributed by atoms with Gasteiger partial charge in [-0.2, -0.15) is 13.2 Å². The van der Waals surface area contributed by atoms with Crippen molar-refractivity contribution in [2.24, 2.45) is 0 Å². The number of aromatic nitrogens is 1. The summed E-state index contributed by atoms with van der Waals surface area (Å²) in [6.07, 6.45) is -3.18. The van der Waals surface area contributed by atoms with Crippen LogP contribution in [0.4, 0.5) is 19.0 Å². The van der Waals surface area contributed by atoms with Crippen LogP contribution in [0, 0.1) is 0 Å². The lowest BCUT2D eigenvalue weighted by Crippen LogP contribution is -2.43. The van der Waals surface area contributed by atoms with E-state index in [1.165, 1.54) is 5.56 Å². The van der Waals surface area contributed by atoms with Crippen molar-refractivity contribution < 1.29 is 22.6 Å². The molecule has 2 saturated heterocycles. The predicted octanol–water partition coefficient (Wildman–Crippen LogP) is 4.34. The Morgan fingerprint density at radius 2 is 1.81 bits per heavy atom. The van der Waals surface area contributed by atoms with Crippen molar-refractivity contribution in [3.05, 3.63) is 59.3 Å². The minimum Gasteiger partial charge on any atom is -0.378 e. The number of pyridine rings is 1. The molecule has 2 aromatic rings. The highest BCUT2D eigenvalue weighted by Gasteiger charge is 2.36. The Labute approximate surface area is 186 Å². The van der Waals surface area contributed by atoms with E-state index in [-0.39, 0.29) is 5.41 Å². The van der Waals surface area contributed by atoms with Crippen molar-refractivity contribution in [3.8, 4) is 0 Å². The number of nitrogens with one attached hydrogen (secondary N) is 1. The smallest absolute Gasteiger partial charge is 0.378 e. The molecule has 1 unspecified atom stereocenters. The number of halogens is 3. The molecule has 32 heavy (non-hydrogen) atoms. The summed E-state index contributed by atoms with van der Waals surface area (Å²) in [5.41, 5.74) is 0.660. The number of nitrogens with zero attached hydrogens (tertiary/aromatic N) is 2. The van der Waals surface area contributed by atoms with Crippen molar-refractivity contribution in [2.75, 3.05) is 50.9 Å². The second kappa shape index (κ2) is 9.77. The highest BCUT2D eigenvalue weighted by atomic mass is 19.4. The second-order valence-corrected chi connectivity index (χ2v) is 8.59. The SMILES string of the molecule is CC(OCC1(c2ccccc2)CCNCC1)c1cc(C(F)(F)F)cc(N2CCOCC2)n1. The first-order valence-electron chi connectivity index (χ1n) is 11.2. The summed E-state index contributed by atoms with van der Waals surface area (Å²) in [7, 11) is 0. The van der Waals surface area contributed by atoms with E-state index in [1.807, 2.05) is 23.1 Å². The van der Waals surface area contributed by atoms with E-state index in [1.54, 1.807) is 6.92 Å². The van der Waals surface area contributed by atoms with Gasteiger partial charge < -0.3 is 19.7 Å². The zero-order valence-corrected chi connectivity index (χ0v) is 18.3. The molecule has 2 aliphatic heterocycles. The van der Waals surface area contributed by atoms with Gasteiger partial charge in [-0.05, 0) is 50.6 Å². The average Bonchev–Trinajstić information content (AvgIpc) is 2.83. The van der Waals surface area contributed by atoms with Crippen LogP contribution in [0.25, 0.3) is 0 Å². The first kappa shape index (κ1) is 23.0. The minimum absolute atomic E-state index is 0.157. The molecular formula is C24H30F3N3O2. The zero-order chi connectivity index (χ0) is 22.6. The first-order chi connectivity index (χ1) is 15.4. The van der Waals surface area contributed by atoms with Gasteiger partial charge in [0, 0.05) is 18.5 Å². The highest BCUT2D eigenvalue weighted by molar-refractivity contribution is 5.44. The molecule has 2 aliphatic rings. The van der Waals surface area contributed by atoms with E-state index in [0.29, 0.717) is 44.4 Å². The van der Waals surface area contributed by atoms with Gasteiger partial charge in [-0.3, -0.25) is 0 Å². The van der Waals surface area contributed by atoms with Crippen molar-refractivity contribution in [1.82, 2.24) is 10.3 Å². The van der Waals surface area contributed by atoms with E-state index in [4.69, 9.17) is 9.47 Å². The number of benzene rings is 1. The summed E-state index contributed by atoms with van der Waals surface area (Å²) in [6.45, 7) is 5.99. The quantitative estimate of drug-likeness (QED) is 0.711. The summed E-state index contributed by atoms with van der Waals surface area (Å²) < 4.78 is 52.4. The molecule has 0 radical (unpaired) electrons. The van der Waals surface area contributed by atoms with E-state index >= 15 is 0 Å². The van der Waals surface area contributed by atoms with E-state index in [0.717, 1.165) is 38.1 Å². The molecule has 1 aromatic heterocycles. The van der Waals surface area contributed by atoms with Gasteiger partial charge in [-0.25, -0.2) is 4.98 Å². The molecule has 0 spiro atoms. The van der Waals surface area contributed by atoms with Gasteiger partial charge in [-0.1, -0.05) is 30.3 Å². The minimum atomic E-state index is -4.45. The molecule has 0 amide bonds. The molecule has 0 saturated carbocycles. The van der Waals surface area contributed by atoms with Gasteiger partial charge in [0.2, 0.25) is 0 Å². The second-order valence-electron chi connectivity index (χ2n) is 8.59. The van der Waals surface area contributed by atoms with Gasteiger partial charge in [0.15, 0.2) is 0 Å². The number of ether oxygens (including phenoxy) is 2. The third-order valence-corrected chi connectivity index (χ3v) is 6.47. The Balaban J connectivity index is 1.57. The van der Waals surface area contributed by atoms with Gasteiger partial charge in [0.05, 0.1) is 37.2 Å². The lowest BCUT2D eigenvalue weighted by molar-refractivity contribution is -0.137. The van der Waals surface area contributed by atoms with E-state index in [2.05, 4.69) is 22.4 Å². The summed E-state index contributed by atoms with van der Waals surface area (Å²) in [4.78, 5) is 6.40. The Morgan fingerprint density at radius 1 is 1.12 bits per heavy atom. The topological polar surface area (TPSA) is 46.6 Å². The Morgan fingerprint density at radius 3 is 2.47 bits per heavy atom. The third-order valence-electron chi connectivity index (χ3n) is 6.47. The van der Waals surface area contributed by atoms with Gasteiger partial charge in [0.25, 0.3) is 0 Å². The molecule has 2 fully saturated rings. The van der Waals surface area contributed by atoms with Gasteiger partial charge >= 0.3 is 6.18 Å². The fraction of sp³-hybridized carbons (Fsp3) is 0.542. The van der Waals surface area contributed by atoms with Crippen LogP contribution in [-0.2, 0) is 21.1 Å². The van der Waals surface area contributed by atoms with Crippen LogP contribution < -0.4 is 10.2 Å². The third kappa shape index (κ3) is 5.24. The number of hydrogen-bond donors (Lipinski definition) is 1. The van der Waals surface area contributed by atoms with Crippen LogP contribution in [0.1, 0.15) is 42.7 Å². The number of morpholine rings is 1. The molecule has 3 heterocycles. The standard InChI is InChI=1S/C24H30F3N3O2/c1-18(32-17-23(7-9-28-10-8-23)19-5-3-2-4-6-19)21-15-20(24(25,26)27)16-22(29-21)30-11-13-31-14-12-30/h2-6,15-16,18,28H,7-14,17H2,1H3. The van der Waals surface area contributed by atoms with Crippen LogP contribution in [0.3, 0.4) is 0 Å². The maximum Gasteiger partial charge on any atom is 0.416 e. The normalized spacial score (nSPS) is 20.2. The van der Waals surface area contributed by atoms with Crippen LogP contribution in [-0.4, -0.2) is 51.0 Å². The van der Waals surface area contributed by atoms with Crippen LogP contribution in [0.2, 0.25) is 0 Å². The number of anilines is 1. The Kier molecular flexibility index (Phi) is 7.02. The molecule has 8 heteroatoms. The molecule has 1 atom stereocenters. The van der Waals surface area contributed by atoms with Gasteiger partial charge in [0.1, 0.15) is 5.82 Å². The molecule has 5 nitrogen and oxygen atoms in total. The van der Waals surface area contributed by atoms with E-state index < -0.39 is 17.8 Å². The number of alkyl halides is 3. The number of rotatable bonds is 6. The fourth-order valence-corrected chi connectivity index (χ4v) is 4.45. The van der Waals surface area contributed by atoms with Gasteiger partial charge in [-0.15, -0.1) is 0 Å².